The van der Waals surface area contributed by atoms with Gasteiger partial charge in [0.05, 0.1) is 25.3 Å². The summed E-state index contributed by atoms with van der Waals surface area (Å²) in [5.41, 5.74) is 4.15. The Balaban J connectivity index is 1.84. The van der Waals surface area contributed by atoms with Gasteiger partial charge in [-0.2, -0.15) is 0 Å². The molecule has 0 bridgehead atoms. The summed E-state index contributed by atoms with van der Waals surface area (Å²) in [4.78, 5) is 28.6. The van der Waals surface area contributed by atoms with Crippen molar-refractivity contribution < 1.29 is 24.2 Å². The van der Waals surface area contributed by atoms with E-state index < -0.39 is 17.7 Å². The largest absolute Gasteiger partial charge is 0.507 e. The second-order valence-corrected chi connectivity index (χ2v) is 11.5. The highest BCUT2D eigenvalue weighted by atomic mass is 16.5. The van der Waals surface area contributed by atoms with Crippen molar-refractivity contribution in [2.45, 2.75) is 65.5 Å². The molecule has 0 saturated carbocycles. The number of aliphatic hydroxyl groups excluding tert-OH is 1. The lowest BCUT2D eigenvalue weighted by atomic mass is 9.85. The van der Waals surface area contributed by atoms with Crippen LogP contribution in [0, 0.1) is 0 Å². The monoisotopic (exact) mass is 541 g/mol. The summed E-state index contributed by atoms with van der Waals surface area (Å²) in [6, 6.07) is 20.0. The predicted octanol–water partition coefficient (Wildman–Crippen LogP) is 7.14. The molecule has 1 unspecified atom stereocenters. The molecule has 1 N–H and O–H groups in total. The van der Waals surface area contributed by atoms with E-state index in [1.54, 1.807) is 24.1 Å². The summed E-state index contributed by atoms with van der Waals surface area (Å²) in [6.07, 6.45) is 0. The Bertz CT molecular complexity index is 1410. The lowest BCUT2D eigenvalue weighted by Crippen LogP contribution is -2.29. The van der Waals surface area contributed by atoms with Crippen LogP contribution in [0.3, 0.4) is 0 Å². The van der Waals surface area contributed by atoms with E-state index in [2.05, 4.69) is 20.8 Å². The molecular formula is C34H39NO5. The third-order valence-electron chi connectivity index (χ3n) is 7.34. The average molecular weight is 542 g/mol. The van der Waals surface area contributed by atoms with Gasteiger partial charge < -0.3 is 19.5 Å². The van der Waals surface area contributed by atoms with Crippen molar-refractivity contribution in [2.24, 2.45) is 0 Å². The summed E-state index contributed by atoms with van der Waals surface area (Å²) in [5, 5.41) is 11.6. The summed E-state index contributed by atoms with van der Waals surface area (Å²) in [6.45, 7) is 13.2. The number of ether oxygens (including phenoxy) is 2. The standard InChI is InChI=1S/C34H39NO5/c1-8-40-26-16-9-22(10-17-26)20-35-30(23-11-14-25(15-12-23)34(4,5)6)29(32(37)33(35)38)31(36)24-13-18-28(39-7)27(19-24)21(2)3/h9-19,21,30,36H,8,20H2,1-7H3/b31-29-. The van der Waals surface area contributed by atoms with Crippen molar-refractivity contribution in [2.75, 3.05) is 13.7 Å². The second-order valence-electron chi connectivity index (χ2n) is 11.5. The molecule has 210 valence electrons. The smallest absolute Gasteiger partial charge is 0.295 e. The van der Waals surface area contributed by atoms with Crippen molar-refractivity contribution in [3.8, 4) is 11.5 Å². The number of benzene rings is 3. The number of Topliss-reactive ketones (excluding diaryl/α,β-unsaturated/α-hetero) is 1. The molecule has 6 nitrogen and oxygen atoms in total. The zero-order valence-corrected chi connectivity index (χ0v) is 24.4. The van der Waals surface area contributed by atoms with Gasteiger partial charge in [0.1, 0.15) is 17.3 Å². The number of likely N-dealkylation sites (tertiary alicyclic amines) is 1. The highest BCUT2D eigenvalue weighted by Crippen LogP contribution is 2.41. The van der Waals surface area contributed by atoms with E-state index in [-0.39, 0.29) is 29.2 Å². The number of methoxy groups -OCH3 is 1. The molecule has 1 saturated heterocycles. The zero-order valence-electron chi connectivity index (χ0n) is 24.4. The van der Waals surface area contributed by atoms with Crippen LogP contribution in [-0.2, 0) is 21.5 Å². The van der Waals surface area contributed by atoms with Crippen LogP contribution in [0.4, 0.5) is 0 Å². The summed E-state index contributed by atoms with van der Waals surface area (Å²) in [7, 11) is 1.61. The second kappa shape index (κ2) is 11.6. The first-order valence-corrected chi connectivity index (χ1v) is 13.7. The molecule has 0 aliphatic carbocycles. The minimum atomic E-state index is -0.745. The molecule has 1 fully saturated rings. The van der Waals surface area contributed by atoms with Crippen LogP contribution in [0.5, 0.6) is 11.5 Å². The Labute approximate surface area is 237 Å². The van der Waals surface area contributed by atoms with Gasteiger partial charge in [0.25, 0.3) is 11.7 Å². The van der Waals surface area contributed by atoms with E-state index in [0.29, 0.717) is 17.9 Å². The van der Waals surface area contributed by atoms with Crippen LogP contribution < -0.4 is 9.47 Å². The number of aliphatic hydroxyl groups is 1. The van der Waals surface area contributed by atoms with Crippen molar-refractivity contribution >= 4 is 17.4 Å². The first-order chi connectivity index (χ1) is 19.0. The van der Waals surface area contributed by atoms with Crippen molar-refractivity contribution in [1.29, 1.82) is 0 Å². The quantitative estimate of drug-likeness (QED) is 0.186. The minimum absolute atomic E-state index is 0.0566. The molecule has 3 aromatic carbocycles. The van der Waals surface area contributed by atoms with E-state index in [1.807, 2.05) is 75.4 Å². The molecule has 1 aliphatic rings. The molecule has 0 spiro atoms. The maximum atomic E-state index is 13.6. The van der Waals surface area contributed by atoms with Crippen LogP contribution in [0.25, 0.3) is 5.76 Å². The van der Waals surface area contributed by atoms with Crippen LogP contribution in [0.15, 0.2) is 72.3 Å². The Morgan fingerprint density at radius 1 is 0.975 bits per heavy atom. The fourth-order valence-electron chi connectivity index (χ4n) is 5.10. The van der Waals surface area contributed by atoms with E-state index in [0.717, 1.165) is 28.0 Å². The van der Waals surface area contributed by atoms with Crippen molar-refractivity contribution in [3.05, 3.63) is 100 Å². The van der Waals surface area contributed by atoms with Gasteiger partial charge in [0.2, 0.25) is 0 Å². The first kappa shape index (κ1) is 28.9. The first-order valence-electron chi connectivity index (χ1n) is 13.7. The molecule has 1 heterocycles. The van der Waals surface area contributed by atoms with Crippen molar-refractivity contribution in [3.63, 3.8) is 0 Å². The fourth-order valence-corrected chi connectivity index (χ4v) is 5.10. The molecule has 1 atom stereocenters. The lowest BCUT2D eigenvalue weighted by molar-refractivity contribution is -0.140. The van der Waals surface area contributed by atoms with Gasteiger partial charge in [0, 0.05) is 12.1 Å². The molecule has 0 aromatic heterocycles. The molecule has 40 heavy (non-hydrogen) atoms. The topological polar surface area (TPSA) is 76.1 Å². The van der Waals surface area contributed by atoms with Crippen LogP contribution >= 0.6 is 0 Å². The molecule has 3 aromatic rings. The average Bonchev–Trinajstić information content (AvgIpc) is 3.18. The zero-order chi connectivity index (χ0) is 29.2. The lowest BCUT2D eigenvalue weighted by Gasteiger charge is -2.27. The van der Waals surface area contributed by atoms with Crippen LogP contribution in [0.1, 0.15) is 81.3 Å². The summed E-state index contributed by atoms with van der Waals surface area (Å²) < 4.78 is 11.1. The van der Waals surface area contributed by atoms with Gasteiger partial charge >= 0.3 is 0 Å². The van der Waals surface area contributed by atoms with E-state index >= 15 is 0 Å². The van der Waals surface area contributed by atoms with Crippen molar-refractivity contribution in [1.82, 2.24) is 4.90 Å². The molecule has 0 radical (unpaired) electrons. The van der Waals surface area contributed by atoms with Crippen LogP contribution in [0.2, 0.25) is 0 Å². The number of carbonyl (C=O) groups excluding carboxylic acids is 2. The Morgan fingerprint density at radius 2 is 1.62 bits per heavy atom. The fraction of sp³-hybridized carbons (Fsp3) is 0.353. The van der Waals surface area contributed by atoms with Gasteiger partial charge in [-0.25, -0.2) is 0 Å². The highest BCUT2D eigenvalue weighted by molar-refractivity contribution is 6.46. The molecule has 6 heteroatoms. The van der Waals surface area contributed by atoms with E-state index in [9.17, 15) is 14.7 Å². The van der Waals surface area contributed by atoms with Gasteiger partial charge in [-0.15, -0.1) is 0 Å². The maximum Gasteiger partial charge on any atom is 0.295 e. The number of nitrogens with zero attached hydrogens (tertiary/aromatic N) is 1. The normalized spacial score (nSPS) is 17.0. The summed E-state index contributed by atoms with van der Waals surface area (Å²) in [5.74, 6) is 0.0422. The van der Waals surface area contributed by atoms with Gasteiger partial charge in [0.15, 0.2) is 0 Å². The number of hydrogen-bond donors (Lipinski definition) is 1. The summed E-state index contributed by atoms with van der Waals surface area (Å²) >= 11 is 0. The molecule has 1 aliphatic heterocycles. The number of rotatable bonds is 8. The number of ketones is 1. The Morgan fingerprint density at radius 3 is 2.17 bits per heavy atom. The van der Waals surface area contributed by atoms with E-state index in [4.69, 9.17) is 9.47 Å². The molecule has 4 rings (SSSR count). The third-order valence-corrected chi connectivity index (χ3v) is 7.34. The number of amides is 1. The maximum absolute atomic E-state index is 13.6. The van der Waals surface area contributed by atoms with Gasteiger partial charge in [-0.3, -0.25) is 9.59 Å². The third kappa shape index (κ3) is 5.76. The predicted molar refractivity (Wildman–Crippen MR) is 158 cm³/mol. The Kier molecular flexibility index (Phi) is 8.38. The molecular weight excluding hydrogens is 502 g/mol. The minimum Gasteiger partial charge on any atom is -0.507 e. The number of carbonyl (C=O) groups is 2. The van der Waals surface area contributed by atoms with Crippen LogP contribution in [-0.4, -0.2) is 35.4 Å². The molecule has 1 amide bonds. The van der Waals surface area contributed by atoms with Gasteiger partial charge in [-0.05, 0) is 70.8 Å². The highest BCUT2D eigenvalue weighted by Gasteiger charge is 2.46. The van der Waals surface area contributed by atoms with Gasteiger partial charge in [-0.1, -0.05) is 71.0 Å². The SMILES string of the molecule is CCOc1ccc(CN2C(=O)C(=O)/C(=C(\O)c3ccc(OC)c(C(C)C)c3)C2c2ccc(C(C)(C)C)cc2)cc1. The number of hydrogen-bond acceptors (Lipinski definition) is 5. The Hall–Kier alpha value is -4.06. The van der Waals surface area contributed by atoms with E-state index in [1.165, 1.54) is 0 Å².